The molecule has 0 radical (unpaired) electrons. The number of carbonyl (C=O) groups is 2. The first-order valence-electron chi connectivity index (χ1n) is 13.0. The summed E-state index contributed by atoms with van der Waals surface area (Å²) in [5.41, 5.74) is -0.839. The zero-order valence-corrected chi connectivity index (χ0v) is 24.3. The number of nitrogens with zero attached hydrogens (tertiary/aromatic N) is 4. The monoisotopic (exact) mass is 567 g/mol. The second-order valence-electron chi connectivity index (χ2n) is 12.1. The summed E-state index contributed by atoms with van der Waals surface area (Å²) in [6.07, 6.45) is 6.56. The van der Waals surface area contributed by atoms with Gasteiger partial charge in [-0.05, 0) is 67.2 Å². The number of carbonyl (C=O) groups excluding carboxylic acids is 2. The maximum Gasteiger partial charge on any atom is 0.361 e. The van der Waals surface area contributed by atoms with Crippen LogP contribution in [0.1, 0.15) is 67.2 Å². The predicted molar refractivity (Wildman–Crippen MR) is 140 cm³/mol. The number of aromatic nitrogens is 4. The van der Waals surface area contributed by atoms with E-state index in [0.717, 1.165) is 12.8 Å². The van der Waals surface area contributed by atoms with E-state index in [9.17, 15) is 14.2 Å². The van der Waals surface area contributed by atoms with E-state index in [1.165, 1.54) is 0 Å². The number of anilines is 1. The van der Waals surface area contributed by atoms with Gasteiger partial charge in [-0.1, -0.05) is 0 Å². The van der Waals surface area contributed by atoms with Gasteiger partial charge in [0.2, 0.25) is 19.5 Å². The van der Waals surface area contributed by atoms with E-state index >= 15 is 0 Å². The van der Waals surface area contributed by atoms with Crippen molar-refractivity contribution in [2.24, 2.45) is 10.8 Å². The van der Waals surface area contributed by atoms with Gasteiger partial charge in [-0.15, -0.1) is 0 Å². The molecule has 0 bridgehead atoms. The van der Waals surface area contributed by atoms with Crippen molar-refractivity contribution in [2.45, 2.75) is 85.4 Å². The Balaban J connectivity index is 1.39. The van der Waals surface area contributed by atoms with Gasteiger partial charge >= 0.3 is 19.5 Å². The first kappa shape index (κ1) is 29.4. The highest BCUT2D eigenvalue weighted by atomic mass is 31.2. The smallest absolute Gasteiger partial charge is 0.361 e. The number of fused-ring (bicyclic) bond motifs is 1. The Morgan fingerprint density at radius 1 is 1.03 bits per heavy atom. The van der Waals surface area contributed by atoms with E-state index in [-0.39, 0.29) is 0 Å². The van der Waals surface area contributed by atoms with Gasteiger partial charge < -0.3 is 24.1 Å². The number of ether oxygens (including phenoxy) is 3. The standard InChI is InChI=1S/C25H38N5O8P/c1-23(2,3)20(31)34-14-37-39(33,38-15-35-21(32)24(4,5)6)16-36-25(9-10-25)12-30-13-27-18-11-26-22(29-19(18)30)28-17-7-8-17/h11,13,17H,7-10,12,14-16H2,1-6H3,(H,26,28,29). The quantitative estimate of drug-likeness (QED) is 0.209. The van der Waals surface area contributed by atoms with Gasteiger partial charge in [0.15, 0.2) is 5.65 Å². The van der Waals surface area contributed by atoms with Gasteiger partial charge in [-0.25, -0.2) is 9.97 Å². The average molecular weight is 568 g/mol. The van der Waals surface area contributed by atoms with Gasteiger partial charge in [0.05, 0.1) is 35.5 Å². The molecule has 13 nitrogen and oxygen atoms in total. The third kappa shape index (κ3) is 8.20. The normalized spacial score (nSPS) is 17.2. The van der Waals surface area contributed by atoms with E-state index in [1.807, 2.05) is 4.57 Å². The summed E-state index contributed by atoms with van der Waals surface area (Å²) in [5.74, 6) is -0.506. The van der Waals surface area contributed by atoms with Crippen LogP contribution in [0.4, 0.5) is 5.95 Å². The lowest BCUT2D eigenvalue weighted by atomic mass is 9.98. The van der Waals surface area contributed by atoms with E-state index in [0.29, 0.717) is 42.5 Å². The fraction of sp³-hybridized carbons (Fsp3) is 0.720. The summed E-state index contributed by atoms with van der Waals surface area (Å²) in [6, 6.07) is 0.413. The van der Waals surface area contributed by atoms with Crippen molar-refractivity contribution in [1.82, 2.24) is 19.5 Å². The van der Waals surface area contributed by atoms with Crippen LogP contribution in [0, 0.1) is 10.8 Å². The van der Waals surface area contributed by atoms with Crippen molar-refractivity contribution in [2.75, 3.05) is 25.3 Å². The Labute approximate surface area is 227 Å². The molecule has 4 rings (SSSR count). The minimum absolute atomic E-state index is 0.413. The number of hydrogen-bond acceptors (Lipinski definition) is 12. The Bertz CT molecular complexity index is 1210. The summed E-state index contributed by atoms with van der Waals surface area (Å²) in [6.45, 7) is 9.34. The zero-order chi connectivity index (χ0) is 28.5. The summed E-state index contributed by atoms with van der Waals surface area (Å²) in [7, 11) is -3.98. The highest BCUT2D eigenvalue weighted by Gasteiger charge is 2.47. The zero-order valence-electron chi connectivity index (χ0n) is 23.4. The van der Waals surface area contributed by atoms with Crippen molar-refractivity contribution in [3.8, 4) is 0 Å². The van der Waals surface area contributed by atoms with Gasteiger partial charge in [-0.3, -0.25) is 23.2 Å². The van der Waals surface area contributed by atoms with Crippen molar-refractivity contribution >= 4 is 36.6 Å². The average Bonchev–Trinajstić information content (AvgIpc) is 3.77. The van der Waals surface area contributed by atoms with Crippen molar-refractivity contribution in [3.05, 3.63) is 12.5 Å². The lowest BCUT2D eigenvalue weighted by Gasteiger charge is -2.24. The van der Waals surface area contributed by atoms with Crippen LogP contribution in [-0.2, 0) is 44.0 Å². The van der Waals surface area contributed by atoms with Crippen LogP contribution < -0.4 is 5.32 Å². The molecular weight excluding hydrogens is 529 g/mol. The molecule has 2 fully saturated rings. The Morgan fingerprint density at radius 3 is 2.13 bits per heavy atom. The molecule has 0 spiro atoms. The number of hydrogen-bond donors (Lipinski definition) is 1. The molecule has 2 aliphatic rings. The molecule has 0 aromatic carbocycles. The van der Waals surface area contributed by atoms with Gasteiger partial charge in [0, 0.05) is 6.04 Å². The Morgan fingerprint density at radius 2 is 1.62 bits per heavy atom. The lowest BCUT2D eigenvalue weighted by Crippen LogP contribution is -2.26. The summed E-state index contributed by atoms with van der Waals surface area (Å²) < 4.78 is 42.4. The van der Waals surface area contributed by atoms with Crippen LogP contribution in [0.3, 0.4) is 0 Å². The first-order chi connectivity index (χ1) is 18.2. The molecule has 39 heavy (non-hydrogen) atoms. The van der Waals surface area contributed by atoms with Gasteiger partial charge in [-0.2, -0.15) is 4.98 Å². The summed E-state index contributed by atoms with van der Waals surface area (Å²) >= 11 is 0. The fourth-order valence-corrected chi connectivity index (χ4v) is 4.41. The molecular formula is C25H38N5O8P. The molecule has 0 unspecified atom stereocenters. The van der Waals surface area contributed by atoms with Gasteiger partial charge in [0.25, 0.3) is 0 Å². The topological polar surface area (TPSA) is 153 Å². The summed E-state index contributed by atoms with van der Waals surface area (Å²) in [5, 5.41) is 3.29. The lowest BCUT2D eigenvalue weighted by molar-refractivity contribution is -0.162. The predicted octanol–water partition coefficient (Wildman–Crippen LogP) is 4.23. The van der Waals surface area contributed by atoms with E-state index in [1.54, 1.807) is 54.1 Å². The highest BCUT2D eigenvalue weighted by Crippen LogP contribution is 2.52. The van der Waals surface area contributed by atoms with Crippen LogP contribution in [0.2, 0.25) is 0 Å². The summed E-state index contributed by atoms with van der Waals surface area (Å²) in [4.78, 5) is 37.5. The van der Waals surface area contributed by atoms with E-state index in [4.69, 9.17) is 23.3 Å². The van der Waals surface area contributed by atoms with Crippen molar-refractivity contribution in [1.29, 1.82) is 0 Å². The number of imidazole rings is 1. The molecule has 2 aromatic heterocycles. The van der Waals surface area contributed by atoms with Crippen LogP contribution in [0.5, 0.6) is 0 Å². The van der Waals surface area contributed by atoms with E-state index in [2.05, 4.69) is 20.3 Å². The molecule has 0 saturated heterocycles. The molecule has 14 heteroatoms. The second-order valence-corrected chi connectivity index (χ2v) is 14.1. The minimum atomic E-state index is -3.98. The molecule has 2 aromatic rings. The number of rotatable bonds is 13. The maximum absolute atomic E-state index is 13.5. The van der Waals surface area contributed by atoms with Crippen LogP contribution in [0.25, 0.3) is 11.2 Å². The molecule has 2 aliphatic carbocycles. The maximum atomic E-state index is 13.5. The molecule has 0 amide bonds. The number of nitrogens with one attached hydrogen (secondary N) is 1. The highest BCUT2D eigenvalue weighted by molar-refractivity contribution is 7.53. The molecule has 0 atom stereocenters. The molecule has 2 saturated carbocycles. The third-order valence-corrected chi connectivity index (χ3v) is 7.61. The number of esters is 2. The fourth-order valence-electron chi connectivity index (χ4n) is 3.33. The molecule has 216 valence electrons. The minimum Gasteiger partial charge on any atom is -0.438 e. The van der Waals surface area contributed by atoms with Crippen LogP contribution >= 0.6 is 7.60 Å². The van der Waals surface area contributed by atoms with Crippen molar-refractivity contribution < 1.29 is 37.4 Å². The van der Waals surface area contributed by atoms with Crippen LogP contribution in [0.15, 0.2) is 12.5 Å². The molecule has 0 aliphatic heterocycles. The van der Waals surface area contributed by atoms with Crippen molar-refractivity contribution in [3.63, 3.8) is 0 Å². The molecule has 1 N–H and O–H groups in total. The first-order valence-corrected chi connectivity index (χ1v) is 14.7. The largest absolute Gasteiger partial charge is 0.438 e. The third-order valence-electron chi connectivity index (χ3n) is 6.17. The van der Waals surface area contributed by atoms with E-state index < -0.39 is 55.9 Å². The van der Waals surface area contributed by atoms with Gasteiger partial charge in [0.1, 0.15) is 11.9 Å². The van der Waals surface area contributed by atoms with Crippen LogP contribution in [-0.4, -0.2) is 63.0 Å². The molecule has 2 heterocycles. The SMILES string of the molecule is CC(C)(C)C(=O)OCOP(=O)(COC1(Cn2cnc3cnc(NC4CC4)nc32)CC1)OCOC(=O)C(C)(C)C. The Kier molecular flexibility index (Phi) is 8.37. The Hall–Kier alpha value is -2.60. The second kappa shape index (κ2) is 11.1.